The molecule has 6 nitrogen and oxygen atoms in total. The van der Waals surface area contributed by atoms with E-state index in [-0.39, 0.29) is 29.1 Å². The van der Waals surface area contributed by atoms with E-state index in [0.717, 1.165) is 23.3 Å². The number of ether oxygens (including phenoxy) is 1. The van der Waals surface area contributed by atoms with Gasteiger partial charge in [0.1, 0.15) is 5.75 Å². The van der Waals surface area contributed by atoms with Crippen LogP contribution < -0.4 is 9.64 Å². The number of amidine groups is 1. The number of carbonyl (C=O) groups is 1. The van der Waals surface area contributed by atoms with Crippen LogP contribution in [-0.4, -0.2) is 48.7 Å². The molecule has 1 amide bonds. The van der Waals surface area contributed by atoms with Crippen molar-refractivity contribution in [3.05, 3.63) is 59.7 Å². The van der Waals surface area contributed by atoms with Gasteiger partial charge in [-0.3, -0.25) is 4.79 Å². The lowest BCUT2D eigenvalue weighted by Crippen LogP contribution is -2.37. The lowest BCUT2D eigenvalue weighted by Gasteiger charge is -2.24. The van der Waals surface area contributed by atoms with Gasteiger partial charge in [-0.2, -0.15) is 4.99 Å². The number of benzene rings is 2. The third-order valence-corrected chi connectivity index (χ3v) is 8.32. The van der Waals surface area contributed by atoms with Crippen molar-refractivity contribution in [3.8, 4) is 5.75 Å². The molecule has 2 heterocycles. The van der Waals surface area contributed by atoms with E-state index < -0.39 is 28.0 Å². The Morgan fingerprint density at radius 2 is 1.78 bits per heavy atom. The zero-order valence-corrected chi connectivity index (χ0v) is 18.5. The summed E-state index contributed by atoms with van der Waals surface area (Å²) in [5.74, 6) is -0.936. The number of anilines is 1. The molecule has 170 valence electrons. The normalized spacial score (nSPS) is 23.4. The highest BCUT2D eigenvalue weighted by Gasteiger charge is 2.49. The third-order valence-electron chi connectivity index (χ3n) is 5.11. The SMILES string of the molecule is Cc1ccc(CC(=O)N=C2S[C@@H]3CS(=O)(=O)C[C@@H]3N2c2ccc(OC(F)(F)F)cc2)cc1. The van der Waals surface area contributed by atoms with Crippen LogP contribution in [0.15, 0.2) is 53.5 Å². The van der Waals surface area contributed by atoms with Crippen molar-refractivity contribution in [2.24, 2.45) is 4.99 Å². The van der Waals surface area contributed by atoms with Crippen molar-refractivity contribution in [3.63, 3.8) is 0 Å². The molecular formula is C21H19F3N2O4S2. The van der Waals surface area contributed by atoms with Crippen molar-refractivity contribution >= 4 is 38.4 Å². The van der Waals surface area contributed by atoms with Crippen LogP contribution in [0.2, 0.25) is 0 Å². The molecule has 4 rings (SSSR count). The lowest BCUT2D eigenvalue weighted by atomic mass is 10.1. The summed E-state index contributed by atoms with van der Waals surface area (Å²) in [6, 6.07) is 12.1. The number of hydrogen-bond acceptors (Lipinski definition) is 5. The number of halogens is 3. The van der Waals surface area contributed by atoms with Crippen LogP contribution in [0.3, 0.4) is 0 Å². The molecule has 32 heavy (non-hydrogen) atoms. The number of amides is 1. The summed E-state index contributed by atoms with van der Waals surface area (Å²) >= 11 is 1.21. The van der Waals surface area contributed by atoms with Gasteiger partial charge in [0, 0.05) is 10.9 Å². The Labute approximate surface area is 187 Å². The highest BCUT2D eigenvalue weighted by atomic mass is 32.2. The van der Waals surface area contributed by atoms with E-state index in [1.54, 1.807) is 4.90 Å². The van der Waals surface area contributed by atoms with Crippen molar-refractivity contribution < 1.29 is 31.1 Å². The maximum atomic E-state index is 12.6. The Hall–Kier alpha value is -2.53. The van der Waals surface area contributed by atoms with E-state index in [9.17, 15) is 26.4 Å². The van der Waals surface area contributed by atoms with Crippen molar-refractivity contribution in [1.29, 1.82) is 0 Å². The molecule has 0 aliphatic carbocycles. The molecule has 0 unspecified atom stereocenters. The molecule has 0 N–H and O–H groups in total. The number of nitrogens with zero attached hydrogens (tertiary/aromatic N) is 2. The molecule has 2 fully saturated rings. The molecule has 2 aliphatic heterocycles. The van der Waals surface area contributed by atoms with Crippen LogP contribution in [-0.2, 0) is 21.1 Å². The average molecular weight is 485 g/mol. The third kappa shape index (κ3) is 5.26. The number of sulfone groups is 1. The fourth-order valence-corrected chi connectivity index (χ4v) is 7.63. The van der Waals surface area contributed by atoms with E-state index in [4.69, 9.17) is 0 Å². The maximum absolute atomic E-state index is 12.6. The number of thioether (sulfide) groups is 1. The Kier molecular flexibility index (Phi) is 5.97. The number of alkyl halides is 3. The van der Waals surface area contributed by atoms with Crippen molar-refractivity contribution in [2.75, 3.05) is 16.4 Å². The smallest absolute Gasteiger partial charge is 0.406 e. The minimum absolute atomic E-state index is 0.0424. The summed E-state index contributed by atoms with van der Waals surface area (Å²) in [6.07, 6.45) is -4.73. The molecule has 0 aromatic heterocycles. The monoisotopic (exact) mass is 484 g/mol. The van der Waals surface area contributed by atoms with E-state index in [2.05, 4.69) is 9.73 Å². The second-order valence-corrected chi connectivity index (χ2v) is 11.0. The summed E-state index contributed by atoms with van der Waals surface area (Å²) in [6.45, 7) is 1.94. The summed E-state index contributed by atoms with van der Waals surface area (Å²) < 4.78 is 65.5. The zero-order valence-electron chi connectivity index (χ0n) is 16.9. The van der Waals surface area contributed by atoms with E-state index in [1.165, 1.54) is 23.9 Å². The molecule has 2 saturated heterocycles. The van der Waals surface area contributed by atoms with Gasteiger partial charge in [0.25, 0.3) is 5.91 Å². The molecule has 0 spiro atoms. The molecule has 0 saturated carbocycles. The number of rotatable bonds is 4. The molecule has 2 aromatic carbocycles. The topological polar surface area (TPSA) is 76.0 Å². The number of aryl methyl sites for hydroxylation is 1. The first-order chi connectivity index (χ1) is 15.0. The van der Waals surface area contributed by atoms with Crippen LogP contribution in [0.1, 0.15) is 11.1 Å². The molecular weight excluding hydrogens is 465 g/mol. The fourth-order valence-electron chi connectivity index (χ4n) is 3.70. The van der Waals surface area contributed by atoms with Gasteiger partial charge in [-0.05, 0) is 36.8 Å². The van der Waals surface area contributed by atoms with Crippen LogP contribution in [0.25, 0.3) is 0 Å². The number of aliphatic imine (C=N–C) groups is 1. The standard InChI is InChI=1S/C21H19F3N2O4S2/c1-13-2-4-14(5-3-13)10-19(27)25-20-26(17-11-32(28,29)12-18(17)31-20)15-6-8-16(9-7-15)30-21(22,23)24/h2-9,17-18H,10-12H2,1H3/t17-,18+/m0/s1. The Morgan fingerprint density at radius 3 is 2.41 bits per heavy atom. The largest absolute Gasteiger partial charge is 0.573 e. The molecule has 2 aliphatic rings. The summed E-state index contributed by atoms with van der Waals surface area (Å²) in [7, 11) is -3.26. The predicted octanol–water partition coefficient (Wildman–Crippen LogP) is 3.74. The van der Waals surface area contributed by atoms with Gasteiger partial charge in [0.05, 0.1) is 24.0 Å². The maximum Gasteiger partial charge on any atom is 0.573 e. The Bertz CT molecular complexity index is 1150. The Morgan fingerprint density at radius 1 is 1.12 bits per heavy atom. The molecule has 2 atom stereocenters. The number of carbonyl (C=O) groups excluding carboxylic acids is 1. The van der Waals surface area contributed by atoms with Crippen LogP contribution in [0.4, 0.5) is 18.9 Å². The highest BCUT2D eigenvalue weighted by Crippen LogP contribution is 2.41. The van der Waals surface area contributed by atoms with Crippen LogP contribution in [0.5, 0.6) is 5.75 Å². The summed E-state index contributed by atoms with van der Waals surface area (Å²) in [5, 5.41) is 0.0357. The van der Waals surface area contributed by atoms with Gasteiger partial charge < -0.3 is 9.64 Å². The fraction of sp³-hybridized carbons (Fsp3) is 0.333. The molecule has 11 heteroatoms. The number of fused-ring (bicyclic) bond motifs is 1. The minimum atomic E-state index is -4.81. The summed E-state index contributed by atoms with van der Waals surface area (Å²) in [4.78, 5) is 18.5. The first-order valence-electron chi connectivity index (χ1n) is 9.68. The van der Waals surface area contributed by atoms with Gasteiger partial charge in [-0.15, -0.1) is 13.2 Å². The van der Waals surface area contributed by atoms with Gasteiger partial charge >= 0.3 is 6.36 Å². The first-order valence-corrected chi connectivity index (χ1v) is 12.4. The van der Waals surface area contributed by atoms with Gasteiger partial charge in [-0.25, -0.2) is 8.42 Å². The average Bonchev–Trinajstić information content (AvgIpc) is 3.14. The van der Waals surface area contributed by atoms with Gasteiger partial charge in [0.15, 0.2) is 15.0 Å². The van der Waals surface area contributed by atoms with Crippen molar-refractivity contribution in [1.82, 2.24) is 0 Å². The second kappa shape index (κ2) is 8.43. The van der Waals surface area contributed by atoms with Crippen LogP contribution >= 0.6 is 11.8 Å². The predicted molar refractivity (Wildman–Crippen MR) is 117 cm³/mol. The molecule has 0 radical (unpaired) electrons. The second-order valence-electron chi connectivity index (χ2n) is 7.66. The van der Waals surface area contributed by atoms with E-state index >= 15 is 0 Å². The van der Waals surface area contributed by atoms with E-state index in [0.29, 0.717) is 10.9 Å². The van der Waals surface area contributed by atoms with Crippen molar-refractivity contribution in [2.45, 2.75) is 31.0 Å². The summed E-state index contributed by atoms with van der Waals surface area (Å²) in [5.41, 5.74) is 2.31. The first kappa shape index (κ1) is 22.7. The molecule has 2 aromatic rings. The quantitative estimate of drug-likeness (QED) is 0.658. The molecule has 0 bridgehead atoms. The van der Waals surface area contributed by atoms with Gasteiger partial charge in [0.2, 0.25) is 0 Å². The number of hydrogen-bond donors (Lipinski definition) is 0. The lowest BCUT2D eigenvalue weighted by molar-refractivity contribution is -0.274. The van der Waals surface area contributed by atoms with Crippen LogP contribution in [0, 0.1) is 6.92 Å². The minimum Gasteiger partial charge on any atom is -0.406 e. The highest BCUT2D eigenvalue weighted by molar-refractivity contribution is 8.16. The van der Waals surface area contributed by atoms with E-state index in [1.807, 2.05) is 31.2 Å². The van der Waals surface area contributed by atoms with Gasteiger partial charge in [-0.1, -0.05) is 41.6 Å². The Balaban J connectivity index is 1.60. The zero-order chi connectivity index (χ0) is 23.1.